The molecule has 0 aliphatic carbocycles. The number of nitrogens with zero attached hydrogens (tertiary/aromatic N) is 2. The highest BCUT2D eigenvalue weighted by molar-refractivity contribution is 9.10. The zero-order valence-corrected chi connectivity index (χ0v) is 13.5. The number of hydrogen-bond acceptors (Lipinski definition) is 2. The standard InChI is InChI=1S/C14H15BrClN3O/c1-9-6-13(14(18)20)19(8-9,5-4-17)10-2-3-12(16)11(15)7-10/h2-3,7,9,13H,5-6,8H2,1H3,(H-,18,20)/p+1/t9-,13-,19?/m0/s1. The Morgan fingerprint density at radius 3 is 2.90 bits per heavy atom. The summed E-state index contributed by atoms with van der Waals surface area (Å²) in [4.78, 5) is 11.8. The zero-order valence-electron chi connectivity index (χ0n) is 11.1. The minimum absolute atomic E-state index is 0.228. The fourth-order valence-corrected chi connectivity index (χ4v) is 3.62. The Bertz CT molecular complexity index is 586. The maximum absolute atomic E-state index is 11.8. The van der Waals surface area contributed by atoms with Gasteiger partial charge in [0.25, 0.3) is 5.91 Å². The molecule has 0 bridgehead atoms. The summed E-state index contributed by atoms with van der Waals surface area (Å²) in [6, 6.07) is 7.37. The van der Waals surface area contributed by atoms with Gasteiger partial charge in [-0.15, -0.1) is 0 Å². The van der Waals surface area contributed by atoms with Crippen LogP contribution in [-0.2, 0) is 4.79 Å². The summed E-state index contributed by atoms with van der Waals surface area (Å²) in [7, 11) is 0. The zero-order chi connectivity index (χ0) is 14.9. The van der Waals surface area contributed by atoms with E-state index in [1.165, 1.54) is 0 Å². The van der Waals surface area contributed by atoms with E-state index >= 15 is 0 Å². The highest BCUT2D eigenvalue weighted by atomic mass is 79.9. The van der Waals surface area contributed by atoms with E-state index in [-0.39, 0.29) is 18.5 Å². The molecule has 0 aromatic heterocycles. The Kier molecular flexibility index (Phi) is 4.38. The van der Waals surface area contributed by atoms with E-state index < -0.39 is 0 Å². The maximum atomic E-state index is 11.8. The summed E-state index contributed by atoms with van der Waals surface area (Å²) >= 11 is 9.43. The molecule has 2 N–H and O–H groups in total. The Morgan fingerprint density at radius 1 is 1.65 bits per heavy atom. The Balaban J connectivity index is 2.56. The molecule has 20 heavy (non-hydrogen) atoms. The average molecular weight is 358 g/mol. The van der Waals surface area contributed by atoms with Gasteiger partial charge in [-0.05, 0) is 22.0 Å². The second-order valence-electron chi connectivity index (χ2n) is 5.39. The highest BCUT2D eigenvalue weighted by Gasteiger charge is 2.50. The van der Waals surface area contributed by atoms with E-state index in [2.05, 4.69) is 28.9 Å². The first kappa shape index (κ1) is 15.3. The number of primary amides is 1. The predicted molar refractivity (Wildman–Crippen MR) is 83.1 cm³/mol. The largest absolute Gasteiger partial charge is 0.364 e. The van der Waals surface area contributed by atoms with Crippen molar-refractivity contribution in [2.24, 2.45) is 11.7 Å². The molecule has 1 aliphatic rings. The van der Waals surface area contributed by atoms with Crippen molar-refractivity contribution in [1.29, 1.82) is 5.26 Å². The van der Waals surface area contributed by atoms with Gasteiger partial charge < -0.3 is 5.73 Å². The van der Waals surface area contributed by atoms with Crippen LogP contribution in [-0.4, -0.2) is 25.0 Å². The van der Waals surface area contributed by atoms with Crippen LogP contribution < -0.4 is 10.2 Å². The van der Waals surface area contributed by atoms with E-state index in [1.807, 2.05) is 12.1 Å². The van der Waals surface area contributed by atoms with Crippen LogP contribution in [0.25, 0.3) is 0 Å². The minimum Gasteiger partial charge on any atom is -0.364 e. The normalized spacial score (nSPS) is 29.1. The lowest BCUT2D eigenvalue weighted by Gasteiger charge is -2.36. The van der Waals surface area contributed by atoms with Crippen LogP contribution in [0.2, 0.25) is 5.02 Å². The van der Waals surface area contributed by atoms with Crippen molar-refractivity contribution in [2.45, 2.75) is 19.4 Å². The highest BCUT2D eigenvalue weighted by Crippen LogP contribution is 2.39. The number of rotatable bonds is 3. The Labute approximate surface area is 131 Å². The van der Waals surface area contributed by atoms with Gasteiger partial charge in [0.15, 0.2) is 12.6 Å². The number of amides is 1. The van der Waals surface area contributed by atoms with Gasteiger partial charge in [0, 0.05) is 28.9 Å². The number of nitriles is 1. The number of quaternary nitrogens is 1. The van der Waals surface area contributed by atoms with Gasteiger partial charge in [-0.3, -0.25) is 9.28 Å². The predicted octanol–water partition coefficient (Wildman–Crippen LogP) is 2.83. The molecule has 1 aromatic carbocycles. The first-order valence-electron chi connectivity index (χ1n) is 6.39. The molecule has 3 atom stereocenters. The third kappa shape index (κ3) is 2.56. The molecule has 1 aromatic rings. The van der Waals surface area contributed by atoms with Crippen LogP contribution in [0.1, 0.15) is 13.3 Å². The molecule has 0 radical (unpaired) electrons. The first-order chi connectivity index (χ1) is 9.40. The lowest BCUT2D eigenvalue weighted by atomic mass is 10.1. The van der Waals surface area contributed by atoms with E-state index in [0.717, 1.165) is 16.7 Å². The number of likely N-dealkylation sites (tertiary alicyclic amines) is 1. The molecule has 4 nitrogen and oxygen atoms in total. The topological polar surface area (TPSA) is 66.9 Å². The van der Waals surface area contributed by atoms with Crippen molar-refractivity contribution in [3.8, 4) is 6.07 Å². The molecule has 1 aliphatic heterocycles. The molecule has 0 spiro atoms. The summed E-state index contributed by atoms with van der Waals surface area (Å²) in [5.74, 6) is -0.00836. The van der Waals surface area contributed by atoms with Gasteiger partial charge in [-0.25, -0.2) is 0 Å². The van der Waals surface area contributed by atoms with Crippen LogP contribution in [0.3, 0.4) is 0 Å². The second-order valence-corrected chi connectivity index (χ2v) is 6.65. The molecule has 1 saturated heterocycles. The number of carbonyl (C=O) groups is 1. The Morgan fingerprint density at radius 2 is 2.35 bits per heavy atom. The van der Waals surface area contributed by atoms with Crippen LogP contribution in [0.4, 0.5) is 5.69 Å². The molecule has 1 amide bonds. The molecule has 1 heterocycles. The maximum Gasteiger partial charge on any atom is 0.276 e. The van der Waals surface area contributed by atoms with E-state index in [9.17, 15) is 10.1 Å². The van der Waals surface area contributed by atoms with Crippen molar-refractivity contribution in [3.63, 3.8) is 0 Å². The average Bonchev–Trinajstić information content (AvgIpc) is 2.71. The molecule has 6 heteroatoms. The summed E-state index contributed by atoms with van der Waals surface area (Å²) in [5, 5.41) is 9.81. The molecule has 1 unspecified atom stereocenters. The van der Waals surface area contributed by atoms with Crippen LogP contribution >= 0.6 is 27.5 Å². The molecular formula is C14H16BrClN3O+. The second kappa shape index (κ2) is 5.72. The van der Waals surface area contributed by atoms with Crippen LogP contribution in [0, 0.1) is 17.2 Å². The molecule has 1 fully saturated rings. The number of halogens is 2. The molecule has 0 saturated carbocycles. The van der Waals surface area contributed by atoms with Crippen LogP contribution in [0.5, 0.6) is 0 Å². The van der Waals surface area contributed by atoms with E-state index in [0.29, 0.717) is 21.8 Å². The third-order valence-corrected chi connectivity index (χ3v) is 5.17. The van der Waals surface area contributed by atoms with Crippen molar-refractivity contribution in [3.05, 3.63) is 27.7 Å². The van der Waals surface area contributed by atoms with E-state index in [4.69, 9.17) is 17.3 Å². The van der Waals surface area contributed by atoms with Gasteiger partial charge >= 0.3 is 0 Å². The fourth-order valence-electron chi connectivity index (χ4n) is 3.14. The first-order valence-corrected chi connectivity index (χ1v) is 7.56. The quantitative estimate of drug-likeness (QED) is 0.667. The fraction of sp³-hybridized carbons (Fsp3) is 0.429. The van der Waals surface area contributed by atoms with Crippen molar-refractivity contribution < 1.29 is 4.79 Å². The van der Waals surface area contributed by atoms with Crippen molar-refractivity contribution in [2.75, 3.05) is 13.1 Å². The summed E-state index contributed by atoms with van der Waals surface area (Å²) in [6.07, 6.45) is 0.706. The number of benzene rings is 1. The Hall–Kier alpha value is -1.09. The number of nitrogens with two attached hydrogens (primary N) is 1. The smallest absolute Gasteiger partial charge is 0.276 e. The monoisotopic (exact) mass is 356 g/mol. The van der Waals surface area contributed by atoms with Crippen molar-refractivity contribution >= 4 is 39.1 Å². The SMILES string of the molecule is C[C@H]1C[C@@H](C(N)=O)[N+](CC#N)(c2ccc(Cl)c(Br)c2)C1. The molecule has 106 valence electrons. The van der Waals surface area contributed by atoms with Gasteiger partial charge in [0.05, 0.1) is 11.6 Å². The van der Waals surface area contributed by atoms with E-state index in [1.54, 1.807) is 6.07 Å². The number of hydrogen-bond donors (Lipinski definition) is 1. The minimum atomic E-state index is -0.363. The molecular weight excluding hydrogens is 342 g/mol. The molecule has 2 rings (SSSR count). The van der Waals surface area contributed by atoms with Gasteiger partial charge in [0.1, 0.15) is 11.8 Å². The van der Waals surface area contributed by atoms with Gasteiger partial charge in [-0.2, -0.15) is 5.26 Å². The number of carbonyl (C=O) groups excluding carboxylic acids is 1. The summed E-state index contributed by atoms with van der Waals surface area (Å²) in [5.41, 5.74) is 6.47. The lowest BCUT2D eigenvalue weighted by molar-refractivity contribution is -0.121. The van der Waals surface area contributed by atoms with Gasteiger partial charge in [0.2, 0.25) is 0 Å². The van der Waals surface area contributed by atoms with Crippen LogP contribution in [0.15, 0.2) is 22.7 Å². The summed E-state index contributed by atoms with van der Waals surface area (Å²) in [6.45, 7) is 3.04. The van der Waals surface area contributed by atoms with Crippen molar-refractivity contribution in [1.82, 2.24) is 4.48 Å². The van der Waals surface area contributed by atoms with Gasteiger partial charge in [-0.1, -0.05) is 18.5 Å². The third-order valence-electron chi connectivity index (χ3n) is 3.96. The lowest BCUT2D eigenvalue weighted by Crippen LogP contribution is -2.58. The summed E-state index contributed by atoms with van der Waals surface area (Å²) < 4.78 is 1.05.